The second-order valence-electron chi connectivity index (χ2n) is 10.5. The highest BCUT2D eigenvalue weighted by Crippen LogP contribution is 2.12. The zero-order valence-electron chi connectivity index (χ0n) is 24.0. The highest BCUT2D eigenvalue weighted by Gasteiger charge is 2.02. The average Bonchev–Trinajstić information content (AvgIpc) is 2.87. The molecule has 0 heterocycles. The second-order valence-corrected chi connectivity index (χ2v) is 10.5. The van der Waals surface area contributed by atoms with E-state index in [1.807, 2.05) is 0 Å². The fourth-order valence-corrected chi connectivity index (χ4v) is 4.52. The van der Waals surface area contributed by atoms with Crippen molar-refractivity contribution in [2.75, 3.05) is 32.7 Å². The molecule has 0 fully saturated rings. The van der Waals surface area contributed by atoms with Crippen molar-refractivity contribution in [3.05, 3.63) is 0 Å². The van der Waals surface area contributed by atoms with E-state index < -0.39 is 0 Å². The molecule has 0 atom stereocenters. The molecule has 6 nitrogen and oxygen atoms in total. The van der Waals surface area contributed by atoms with Gasteiger partial charge in [0.15, 0.2) is 0 Å². The Morgan fingerprint density at radius 3 is 1.31 bits per heavy atom. The minimum atomic E-state index is 0.169. The topological polar surface area (TPSA) is 96.2 Å². The van der Waals surface area contributed by atoms with Gasteiger partial charge in [0.25, 0.3) is 0 Å². The van der Waals surface area contributed by atoms with Crippen molar-refractivity contribution in [1.29, 1.82) is 0 Å². The molecule has 0 aliphatic heterocycles. The first-order valence-electron chi connectivity index (χ1n) is 15.6. The second kappa shape index (κ2) is 30.1. The normalized spacial score (nSPS) is 11.1. The van der Waals surface area contributed by atoms with Crippen molar-refractivity contribution in [2.45, 2.75) is 148 Å². The number of unbranched alkanes of at least 4 members (excludes halogenated alkanes) is 18. The molecule has 36 heavy (non-hydrogen) atoms. The Bertz CT molecular complexity index is 474. The lowest BCUT2D eigenvalue weighted by Gasteiger charge is -2.06. The first-order valence-corrected chi connectivity index (χ1v) is 15.6. The Morgan fingerprint density at radius 1 is 0.472 bits per heavy atom. The smallest absolute Gasteiger partial charge is 0.220 e. The lowest BCUT2D eigenvalue weighted by molar-refractivity contribution is -0.122. The van der Waals surface area contributed by atoms with Gasteiger partial charge in [0, 0.05) is 45.6 Å². The van der Waals surface area contributed by atoms with Crippen LogP contribution in [0.5, 0.6) is 0 Å². The summed E-state index contributed by atoms with van der Waals surface area (Å²) in [5.41, 5.74) is 5.41. The van der Waals surface area contributed by atoms with Gasteiger partial charge in [-0.05, 0) is 19.3 Å². The maximum atomic E-state index is 11.9. The van der Waals surface area contributed by atoms with Gasteiger partial charge in [0.2, 0.25) is 11.8 Å². The van der Waals surface area contributed by atoms with Crippen molar-refractivity contribution in [3.63, 3.8) is 0 Å². The van der Waals surface area contributed by atoms with Crippen LogP contribution in [0.2, 0.25) is 0 Å². The third-order valence-electron chi connectivity index (χ3n) is 6.86. The van der Waals surface area contributed by atoms with Crippen LogP contribution in [0.25, 0.3) is 0 Å². The maximum absolute atomic E-state index is 11.9. The lowest BCUT2D eigenvalue weighted by Crippen LogP contribution is -2.33. The van der Waals surface area contributed by atoms with Crippen LogP contribution in [-0.2, 0) is 9.59 Å². The van der Waals surface area contributed by atoms with E-state index >= 15 is 0 Å². The van der Waals surface area contributed by atoms with Crippen molar-refractivity contribution in [2.24, 2.45) is 5.73 Å². The molecule has 5 N–H and O–H groups in total. The van der Waals surface area contributed by atoms with Crippen LogP contribution >= 0.6 is 0 Å². The molecular formula is C30H62N4O2. The molecule has 0 radical (unpaired) electrons. The van der Waals surface area contributed by atoms with E-state index in [1.54, 1.807) is 0 Å². The zero-order valence-corrected chi connectivity index (χ0v) is 24.0. The van der Waals surface area contributed by atoms with Gasteiger partial charge in [-0.1, -0.05) is 116 Å². The number of rotatable bonds is 29. The van der Waals surface area contributed by atoms with Gasteiger partial charge >= 0.3 is 0 Å². The molecule has 0 aliphatic rings. The van der Waals surface area contributed by atoms with Crippen LogP contribution in [0.4, 0.5) is 0 Å². The summed E-state index contributed by atoms with van der Waals surface area (Å²) in [5.74, 6) is 0.414. The van der Waals surface area contributed by atoms with Gasteiger partial charge in [-0.25, -0.2) is 0 Å². The molecule has 0 aliphatic carbocycles. The Morgan fingerprint density at radius 2 is 0.861 bits per heavy atom. The van der Waals surface area contributed by atoms with Crippen LogP contribution in [0, 0.1) is 0 Å². The third-order valence-corrected chi connectivity index (χ3v) is 6.86. The molecule has 0 aromatic carbocycles. The molecule has 0 spiro atoms. The first kappa shape index (κ1) is 34.9. The van der Waals surface area contributed by atoms with Gasteiger partial charge in [0.05, 0.1) is 0 Å². The highest BCUT2D eigenvalue weighted by atomic mass is 16.2. The summed E-state index contributed by atoms with van der Waals surface area (Å²) in [7, 11) is 0. The van der Waals surface area contributed by atoms with Crippen molar-refractivity contribution in [3.8, 4) is 0 Å². The summed E-state index contributed by atoms with van der Waals surface area (Å²) < 4.78 is 0. The van der Waals surface area contributed by atoms with Crippen molar-refractivity contribution >= 4 is 11.8 Å². The largest absolute Gasteiger partial charge is 0.356 e. The van der Waals surface area contributed by atoms with Crippen LogP contribution < -0.4 is 21.7 Å². The van der Waals surface area contributed by atoms with Crippen molar-refractivity contribution < 1.29 is 9.59 Å². The van der Waals surface area contributed by atoms with E-state index in [0.717, 1.165) is 45.3 Å². The van der Waals surface area contributed by atoms with Gasteiger partial charge in [-0.15, -0.1) is 0 Å². The Labute approximate surface area is 224 Å². The van der Waals surface area contributed by atoms with Gasteiger partial charge in [-0.3, -0.25) is 9.59 Å². The van der Waals surface area contributed by atoms with Crippen LogP contribution in [0.3, 0.4) is 0 Å². The lowest BCUT2D eigenvalue weighted by atomic mass is 10.0. The van der Waals surface area contributed by atoms with Gasteiger partial charge < -0.3 is 21.7 Å². The molecular weight excluding hydrogens is 448 g/mol. The van der Waals surface area contributed by atoms with E-state index in [9.17, 15) is 9.59 Å². The molecule has 0 saturated heterocycles. The number of nitrogens with one attached hydrogen (secondary N) is 3. The number of nitrogens with two attached hydrogens (primary N) is 1. The van der Waals surface area contributed by atoms with E-state index in [4.69, 9.17) is 5.73 Å². The van der Waals surface area contributed by atoms with Crippen molar-refractivity contribution in [1.82, 2.24) is 16.0 Å². The molecule has 0 aromatic rings. The number of amides is 2. The summed E-state index contributed by atoms with van der Waals surface area (Å²) in [6.07, 6.45) is 26.6. The summed E-state index contributed by atoms with van der Waals surface area (Å²) in [4.78, 5) is 23.7. The third kappa shape index (κ3) is 29.1. The predicted molar refractivity (Wildman–Crippen MR) is 155 cm³/mol. The summed E-state index contributed by atoms with van der Waals surface area (Å²) >= 11 is 0. The molecule has 2 amide bonds. The fourth-order valence-electron chi connectivity index (χ4n) is 4.52. The summed E-state index contributed by atoms with van der Waals surface area (Å²) in [6, 6.07) is 0. The first-order chi connectivity index (χ1) is 17.7. The van der Waals surface area contributed by atoms with Crippen LogP contribution in [-0.4, -0.2) is 44.5 Å². The molecule has 0 saturated carbocycles. The molecule has 0 bridgehead atoms. The van der Waals surface area contributed by atoms with Gasteiger partial charge in [-0.2, -0.15) is 0 Å². The fraction of sp³-hybridized carbons (Fsp3) is 0.933. The predicted octanol–water partition coefficient (Wildman–Crippen LogP) is 6.37. The molecule has 0 unspecified atom stereocenters. The quantitative estimate of drug-likeness (QED) is 0.0879. The summed E-state index contributed by atoms with van der Waals surface area (Å²) in [5, 5.41) is 9.22. The van der Waals surface area contributed by atoms with Gasteiger partial charge in [0.1, 0.15) is 0 Å². The highest BCUT2D eigenvalue weighted by molar-refractivity contribution is 5.76. The van der Waals surface area contributed by atoms with E-state index in [-0.39, 0.29) is 11.8 Å². The minimum Gasteiger partial charge on any atom is -0.356 e. The summed E-state index contributed by atoms with van der Waals surface area (Å²) in [6.45, 7) is 6.02. The molecule has 0 rings (SSSR count). The standard InChI is InChI=1S/C30H62N4O2/c1-2-3-4-5-6-10-13-16-19-22-29(35)33-25-21-18-15-12-9-7-8-11-14-17-20-23-30(36)34-28-27-32-26-24-31/h32H,2-28,31H2,1H3,(H,33,35)(H,34,36). The number of carbonyl (C=O) groups is 2. The number of hydrogen-bond donors (Lipinski definition) is 4. The van der Waals surface area contributed by atoms with E-state index in [1.165, 1.54) is 103 Å². The maximum Gasteiger partial charge on any atom is 0.220 e. The molecule has 6 heteroatoms. The molecule has 214 valence electrons. The van der Waals surface area contributed by atoms with E-state index in [2.05, 4.69) is 22.9 Å². The number of carbonyl (C=O) groups excluding carboxylic acids is 2. The monoisotopic (exact) mass is 510 g/mol. The molecule has 0 aromatic heterocycles. The Kier molecular flexibility index (Phi) is 29.1. The van der Waals surface area contributed by atoms with Crippen LogP contribution in [0.15, 0.2) is 0 Å². The van der Waals surface area contributed by atoms with E-state index in [0.29, 0.717) is 25.9 Å². The number of hydrogen-bond acceptors (Lipinski definition) is 4. The van der Waals surface area contributed by atoms with Crippen LogP contribution in [0.1, 0.15) is 148 Å². The average molecular weight is 511 g/mol. The Hall–Kier alpha value is -1.14. The Balaban J connectivity index is 3.20. The SMILES string of the molecule is CCCCCCCCCCCC(=O)NCCCCCCCCCCCCCC(=O)NCCNCCN. The minimum absolute atomic E-state index is 0.169. The zero-order chi connectivity index (χ0) is 26.4.